The maximum Gasteiger partial charge on any atom is 0.410 e. The molecular formula is C20H19F3N4O3. The fourth-order valence-electron chi connectivity index (χ4n) is 3.47. The smallest absolute Gasteiger partial charge is 0.410 e. The van der Waals surface area contributed by atoms with Gasteiger partial charge in [0.05, 0.1) is 11.8 Å². The summed E-state index contributed by atoms with van der Waals surface area (Å²) in [6.45, 7) is 3.51. The SMILES string of the molecule is Cc1cccc(OCc2c(C(=O)N3CCC(C(F)(F)F)n4nccc43)noc2C)c1. The molecule has 3 aromatic rings. The van der Waals surface area contributed by atoms with Gasteiger partial charge in [-0.15, -0.1) is 0 Å². The maximum atomic E-state index is 13.3. The normalized spacial score (nSPS) is 16.4. The molecule has 1 aliphatic heterocycles. The van der Waals surface area contributed by atoms with Crippen molar-refractivity contribution in [3.8, 4) is 5.75 Å². The first-order valence-corrected chi connectivity index (χ1v) is 9.32. The van der Waals surface area contributed by atoms with Gasteiger partial charge in [0.25, 0.3) is 5.91 Å². The Balaban J connectivity index is 1.59. The zero-order valence-corrected chi connectivity index (χ0v) is 16.3. The summed E-state index contributed by atoms with van der Waals surface area (Å²) in [5, 5.41) is 7.62. The van der Waals surface area contributed by atoms with Crippen LogP contribution in [0.4, 0.5) is 19.0 Å². The van der Waals surface area contributed by atoms with Crippen LogP contribution in [0, 0.1) is 13.8 Å². The summed E-state index contributed by atoms with van der Waals surface area (Å²) in [6, 6.07) is 7.03. The van der Waals surface area contributed by atoms with E-state index < -0.39 is 18.1 Å². The molecule has 2 aromatic heterocycles. The number of benzene rings is 1. The van der Waals surface area contributed by atoms with Crippen molar-refractivity contribution in [2.45, 2.75) is 39.1 Å². The second-order valence-electron chi connectivity index (χ2n) is 7.11. The number of rotatable bonds is 4. The molecule has 10 heteroatoms. The molecule has 7 nitrogen and oxygen atoms in total. The van der Waals surface area contributed by atoms with Crippen LogP contribution in [-0.4, -0.2) is 33.6 Å². The van der Waals surface area contributed by atoms with Crippen LogP contribution >= 0.6 is 0 Å². The van der Waals surface area contributed by atoms with Crippen LogP contribution in [0.2, 0.25) is 0 Å². The molecule has 1 amide bonds. The number of fused-ring (bicyclic) bond motifs is 1. The topological polar surface area (TPSA) is 73.4 Å². The summed E-state index contributed by atoms with van der Waals surface area (Å²) in [6.07, 6.45) is -3.50. The van der Waals surface area contributed by atoms with Crippen LogP contribution in [0.3, 0.4) is 0 Å². The third-order valence-corrected chi connectivity index (χ3v) is 5.03. The fraction of sp³-hybridized carbons (Fsp3) is 0.350. The Morgan fingerprint density at radius 3 is 2.83 bits per heavy atom. The molecule has 0 N–H and O–H groups in total. The van der Waals surface area contributed by atoms with Crippen LogP contribution < -0.4 is 9.64 Å². The van der Waals surface area contributed by atoms with E-state index >= 15 is 0 Å². The molecule has 1 aromatic carbocycles. The third kappa shape index (κ3) is 3.64. The first kappa shape index (κ1) is 20.0. The summed E-state index contributed by atoms with van der Waals surface area (Å²) in [4.78, 5) is 14.4. The molecular weight excluding hydrogens is 401 g/mol. The van der Waals surface area contributed by atoms with Gasteiger partial charge < -0.3 is 9.26 Å². The summed E-state index contributed by atoms with van der Waals surface area (Å²) in [5.74, 6) is 0.541. The summed E-state index contributed by atoms with van der Waals surface area (Å²) in [7, 11) is 0. The van der Waals surface area contributed by atoms with E-state index in [1.807, 2.05) is 25.1 Å². The average Bonchev–Trinajstić information content (AvgIpc) is 3.31. The van der Waals surface area contributed by atoms with Gasteiger partial charge in [0.15, 0.2) is 11.7 Å². The van der Waals surface area contributed by atoms with Gasteiger partial charge in [-0.25, -0.2) is 4.68 Å². The minimum atomic E-state index is -4.45. The number of halogens is 3. The molecule has 158 valence electrons. The van der Waals surface area contributed by atoms with Gasteiger partial charge in [-0.3, -0.25) is 9.69 Å². The Morgan fingerprint density at radius 2 is 2.10 bits per heavy atom. The Morgan fingerprint density at radius 1 is 1.30 bits per heavy atom. The van der Waals surface area contributed by atoms with E-state index in [9.17, 15) is 18.0 Å². The highest BCUT2D eigenvalue weighted by Crippen LogP contribution is 2.39. The second-order valence-corrected chi connectivity index (χ2v) is 7.11. The number of aryl methyl sites for hydroxylation is 2. The predicted octanol–water partition coefficient (Wildman–Crippen LogP) is 4.22. The second kappa shape index (κ2) is 7.51. The highest BCUT2D eigenvalue weighted by atomic mass is 19.4. The van der Waals surface area contributed by atoms with Crippen molar-refractivity contribution >= 4 is 11.7 Å². The number of aromatic nitrogens is 3. The molecule has 0 saturated carbocycles. The molecule has 0 bridgehead atoms. The van der Waals surface area contributed by atoms with Crippen LogP contribution in [0.5, 0.6) is 5.75 Å². The number of carbonyl (C=O) groups is 1. The molecule has 1 unspecified atom stereocenters. The molecule has 30 heavy (non-hydrogen) atoms. The zero-order valence-electron chi connectivity index (χ0n) is 16.3. The molecule has 1 aliphatic rings. The van der Waals surface area contributed by atoms with Crippen LogP contribution in [0.15, 0.2) is 41.1 Å². The number of hydrogen-bond donors (Lipinski definition) is 0. The predicted molar refractivity (Wildman–Crippen MR) is 100 cm³/mol. The third-order valence-electron chi connectivity index (χ3n) is 5.03. The van der Waals surface area contributed by atoms with E-state index in [0.29, 0.717) is 17.1 Å². The molecule has 1 atom stereocenters. The van der Waals surface area contributed by atoms with Gasteiger partial charge in [0.2, 0.25) is 0 Å². The van der Waals surface area contributed by atoms with E-state index in [2.05, 4.69) is 10.3 Å². The van der Waals surface area contributed by atoms with Gasteiger partial charge in [-0.05, 0) is 38.0 Å². The summed E-state index contributed by atoms with van der Waals surface area (Å²) >= 11 is 0. The lowest BCUT2D eigenvalue weighted by Crippen LogP contribution is -2.43. The molecule has 3 heterocycles. The number of hydrogen-bond acceptors (Lipinski definition) is 5. The lowest BCUT2D eigenvalue weighted by molar-refractivity contribution is -0.172. The van der Waals surface area contributed by atoms with Crippen molar-refractivity contribution in [1.82, 2.24) is 14.9 Å². The number of amides is 1. The lowest BCUT2D eigenvalue weighted by atomic mass is 10.1. The van der Waals surface area contributed by atoms with Gasteiger partial charge in [0, 0.05) is 12.6 Å². The number of alkyl halides is 3. The number of ether oxygens (including phenoxy) is 1. The van der Waals surface area contributed by atoms with Crippen molar-refractivity contribution in [3.05, 3.63) is 59.1 Å². The van der Waals surface area contributed by atoms with E-state index in [-0.39, 0.29) is 31.1 Å². The first-order valence-electron chi connectivity index (χ1n) is 9.32. The number of nitrogens with zero attached hydrogens (tertiary/aromatic N) is 4. The Kier molecular flexibility index (Phi) is 5.00. The lowest BCUT2D eigenvalue weighted by Gasteiger charge is -2.33. The zero-order chi connectivity index (χ0) is 21.5. The van der Waals surface area contributed by atoms with E-state index in [4.69, 9.17) is 9.26 Å². The molecule has 0 aliphatic carbocycles. The van der Waals surface area contributed by atoms with Crippen molar-refractivity contribution in [2.24, 2.45) is 0 Å². The maximum absolute atomic E-state index is 13.3. The highest BCUT2D eigenvalue weighted by Gasteiger charge is 2.46. The monoisotopic (exact) mass is 420 g/mol. The minimum absolute atomic E-state index is 0.0124. The Hall–Kier alpha value is -3.30. The van der Waals surface area contributed by atoms with Gasteiger partial charge in [-0.1, -0.05) is 17.3 Å². The Bertz CT molecular complexity index is 1070. The number of carbonyl (C=O) groups excluding carboxylic acids is 1. The first-order chi connectivity index (χ1) is 14.3. The van der Waals surface area contributed by atoms with E-state index in [1.165, 1.54) is 17.2 Å². The standard InChI is InChI=1S/C20H19F3N4O3/c1-12-4-3-5-14(10-12)29-11-15-13(2)30-25-18(15)19(28)26-9-7-16(20(21,22)23)27-17(26)6-8-24-27/h3-6,8,10,16H,7,9,11H2,1-2H3. The fourth-order valence-corrected chi connectivity index (χ4v) is 3.47. The average molecular weight is 420 g/mol. The molecule has 0 radical (unpaired) electrons. The van der Waals surface area contributed by atoms with Gasteiger partial charge in [-0.2, -0.15) is 18.3 Å². The summed E-state index contributed by atoms with van der Waals surface area (Å²) in [5.41, 5.74) is 1.48. The van der Waals surface area contributed by atoms with Crippen molar-refractivity contribution in [3.63, 3.8) is 0 Å². The quantitative estimate of drug-likeness (QED) is 0.632. The minimum Gasteiger partial charge on any atom is -0.489 e. The Labute approximate surface area is 170 Å². The van der Waals surface area contributed by atoms with Crippen molar-refractivity contribution < 1.29 is 27.2 Å². The van der Waals surface area contributed by atoms with E-state index in [1.54, 1.807) is 13.0 Å². The molecule has 0 saturated heterocycles. The van der Waals surface area contributed by atoms with Gasteiger partial charge >= 0.3 is 6.18 Å². The molecule has 0 fully saturated rings. The summed E-state index contributed by atoms with van der Waals surface area (Å²) < 4.78 is 51.7. The molecule has 0 spiro atoms. The molecule has 4 rings (SSSR count). The largest absolute Gasteiger partial charge is 0.489 e. The van der Waals surface area contributed by atoms with Crippen molar-refractivity contribution in [2.75, 3.05) is 11.4 Å². The van der Waals surface area contributed by atoms with Gasteiger partial charge in [0.1, 0.15) is 23.9 Å². The van der Waals surface area contributed by atoms with Crippen LogP contribution in [0.25, 0.3) is 0 Å². The van der Waals surface area contributed by atoms with E-state index in [0.717, 1.165) is 10.2 Å². The van der Waals surface area contributed by atoms with Crippen LogP contribution in [-0.2, 0) is 6.61 Å². The van der Waals surface area contributed by atoms with Crippen molar-refractivity contribution in [1.29, 1.82) is 0 Å². The number of anilines is 1. The highest BCUT2D eigenvalue weighted by molar-refractivity contribution is 6.05. The van der Waals surface area contributed by atoms with Crippen LogP contribution in [0.1, 0.15) is 39.8 Å².